The average molecular weight is 159 g/mol. The van der Waals surface area contributed by atoms with Gasteiger partial charge in [-0.2, -0.15) is 0 Å². The molecule has 0 aromatic rings. The van der Waals surface area contributed by atoms with Crippen molar-refractivity contribution >= 4 is 7.91 Å². The number of rotatable bonds is 1. The minimum Gasteiger partial charge on any atom is -0.330 e. The van der Waals surface area contributed by atoms with Gasteiger partial charge in [0.05, 0.1) is 0 Å². The second kappa shape index (κ2) is 6.16. The molecule has 0 saturated heterocycles. The summed E-state index contributed by atoms with van der Waals surface area (Å²) in [5.41, 5.74) is 5.03. The van der Waals surface area contributed by atoms with E-state index in [0.717, 1.165) is 13.0 Å². The van der Waals surface area contributed by atoms with Crippen LogP contribution in [0, 0.1) is 0 Å². The van der Waals surface area contributed by atoms with Gasteiger partial charge in [-0.15, -0.1) is 4.20 Å². The van der Waals surface area contributed by atoms with E-state index in [1.807, 2.05) is 0 Å². The minimum absolute atomic E-state index is 0.819. The Hall–Kier alpha value is 0.0400. The summed E-state index contributed by atoms with van der Waals surface area (Å²) in [6.45, 7) is 2.88. The van der Waals surface area contributed by atoms with E-state index in [2.05, 4.69) is 6.92 Å². The van der Waals surface area contributed by atoms with Crippen LogP contribution in [0.2, 0.25) is 0 Å². The molecule has 0 aliphatic rings. The second-order valence-electron chi connectivity index (χ2n) is 1.26. The predicted octanol–water partition coefficient (Wildman–Crippen LogP) is 0.404. The fraction of sp³-hybridized carbons (Fsp3) is 1.00. The Morgan fingerprint density at radius 3 is 1.78 bits per heavy atom. The summed E-state index contributed by atoms with van der Waals surface area (Å²) in [7, 11) is -5.14. The molecule has 0 fully saturated rings. The van der Waals surface area contributed by atoms with Crippen molar-refractivity contribution in [2.24, 2.45) is 5.73 Å². The zero-order valence-electron chi connectivity index (χ0n) is 5.12. The average Bonchev–Trinajstić information content (AvgIpc) is 1.61. The van der Waals surface area contributed by atoms with Gasteiger partial charge in [-0.25, -0.2) is 4.57 Å². The molecule has 6 heteroatoms. The first-order valence-electron chi connectivity index (χ1n) is 2.37. The Morgan fingerprint density at radius 1 is 1.67 bits per heavy atom. The summed E-state index contributed by atoms with van der Waals surface area (Å²) < 4.78 is 19.0. The smallest absolute Gasteiger partial charge is 0.330 e. The first-order chi connectivity index (χ1) is 3.91. The van der Waals surface area contributed by atoms with Crippen LogP contribution < -0.4 is 5.73 Å². The van der Waals surface area contributed by atoms with Crippen LogP contribution in [0.15, 0.2) is 0 Å². The molecule has 4 N–H and O–H groups in total. The molecule has 0 atom stereocenters. The Bertz CT molecular complexity index is 82.8. The van der Waals surface area contributed by atoms with Crippen molar-refractivity contribution in [3.63, 3.8) is 0 Å². The Morgan fingerprint density at radius 2 is 1.78 bits per heavy atom. The lowest BCUT2D eigenvalue weighted by atomic mass is 10.5. The Labute approximate surface area is 53.2 Å². The lowest BCUT2D eigenvalue weighted by Gasteiger charge is -1.77. The molecule has 4 nitrogen and oxygen atoms in total. The van der Waals surface area contributed by atoms with E-state index in [-0.39, 0.29) is 0 Å². The van der Waals surface area contributed by atoms with E-state index in [1.54, 1.807) is 0 Å². The van der Waals surface area contributed by atoms with Gasteiger partial charge in [0.2, 0.25) is 0 Å². The van der Waals surface area contributed by atoms with Gasteiger partial charge in [0.25, 0.3) is 0 Å². The number of halogens is 1. The number of hydrogen-bond acceptors (Lipinski definition) is 2. The topological polar surface area (TPSA) is 83.6 Å². The molecule has 0 amide bonds. The third-order valence-corrected chi connectivity index (χ3v) is 0.289. The van der Waals surface area contributed by atoms with Gasteiger partial charge >= 0.3 is 7.91 Å². The lowest BCUT2D eigenvalue weighted by molar-refractivity contribution is 0.322. The molecule has 0 spiro atoms. The molecule has 0 aliphatic carbocycles. The summed E-state index contributed by atoms with van der Waals surface area (Å²) in [5.74, 6) is 0. The molecule has 58 valence electrons. The molecule has 0 saturated carbocycles. The number of nitrogens with two attached hydrogens (primary N) is 1. The van der Waals surface area contributed by atoms with Crippen molar-refractivity contribution in [3.8, 4) is 0 Å². The summed E-state index contributed by atoms with van der Waals surface area (Å²) in [6, 6.07) is 0. The van der Waals surface area contributed by atoms with Gasteiger partial charge < -0.3 is 5.73 Å². The van der Waals surface area contributed by atoms with Crippen LogP contribution >= 0.6 is 7.91 Å². The fourth-order valence-electron chi connectivity index (χ4n) is 0. The highest BCUT2D eigenvalue weighted by Gasteiger charge is 2.04. The van der Waals surface area contributed by atoms with Crippen molar-refractivity contribution in [2.45, 2.75) is 13.3 Å². The maximum Gasteiger partial charge on any atom is 0.507 e. The van der Waals surface area contributed by atoms with Crippen molar-refractivity contribution in [1.82, 2.24) is 0 Å². The van der Waals surface area contributed by atoms with Gasteiger partial charge in [-0.3, -0.25) is 9.79 Å². The SMILES string of the molecule is CCCN.O=P(O)(O)F. The van der Waals surface area contributed by atoms with Crippen LogP contribution in [0.4, 0.5) is 4.20 Å². The van der Waals surface area contributed by atoms with Crippen LogP contribution in [0.5, 0.6) is 0 Å². The lowest BCUT2D eigenvalue weighted by Crippen LogP contribution is -1.93. The zero-order chi connectivity index (χ0) is 7.91. The van der Waals surface area contributed by atoms with Crippen molar-refractivity contribution in [3.05, 3.63) is 0 Å². The fourth-order valence-corrected chi connectivity index (χ4v) is 0. The van der Waals surface area contributed by atoms with Gasteiger partial charge in [0.1, 0.15) is 0 Å². The standard InChI is InChI=1S/C3H9N.FH2O3P/c1-2-3-4;1-5(2,3)4/h2-4H2,1H3;(H2,2,3,4). The first-order valence-corrected chi connectivity index (χ1v) is 3.87. The predicted molar refractivity (Wildman–Crippen MR) is 32.5 cm³/mol. The monoisotopic (exact) mass is 159 g/mol. The van der Waals surface area contributed by atoms with Crippen LogP contribution in [-0.2, 0) is 4.57 Å². The normalized spacial score (nSPS) is 9.89. The Balaban J connectivity index is 0. The van der Waals surface area contributed by atoms with E-state index in [0.29, 0.717) is 0 Å². The zero-order valence-corrected chi connectivity index (χ0v) is 6.01. The summed E-state index contributed by atoms with van der Waals surface area (Å²) in [4.78, 5) is 13.9. The molecular weight excluding hydrogens is 148 g/mol. The van der Waals surface area contributed by atoms with E-state index in [9.17, 15) is 4.20 Å². The second-order valence-corrected chi connectivity index (χ2v) is 2.21. The highest BCUT2D eigenvalue weighted by atomic mass is 31.2. The molecule has 0 radical (unpaired) electrons. The van der Waals surface area contributed by atoms with E-state index in [1.165, 1.54) is 0 Å². The summed E-state index contributed by atoms with van der Waals surface area (Å²) in [5, 5.41) is 0. The Kier molecular flexibility index (Phi) is 8.08. The van der Waals surface area contributed by atoms with Gasteiger partial charge in [0.15, 0.2) is 0 Å². The van der Waals surface area contributed by atoms with Crippen molar-refractivity contribution in [2.75, 3.05) is 6.54 Å². The van der Waals surface area contributed by atoms with E-state index < -0.39 is 7.91 Å². The maximum atomic E-state index is 10.4. The molecule has 0 unspecified atom stereocenters. The quantitative estimate of drug-likeness (QED) is 0.483. The van der Waals surface area contributed by atoms with Crippen molar-refractivity contribution < 1.29 is 18.5 Å². The third kappa shape index (κ3) is 271. The highest BCUT2D eigenvalue weighted by Crippen LogP contribution is 2.34. The van der Waals surface area contributed by atoms with E-state index in [4.69, 9.17) is 20.1 Å². The molecule has 0 heterocycles. The molecule has 0 rings (SSSR count). The first kappa shape index (κ1) is 11.8. The van der Waals surface area contributed by atoms with Crippen LogP contribution in [-0.4, -0.2) is 16.3 Å². The van der Waals surface area contributed by atoms with Crippen molar-refractivity contribution in [1.29, 1.82) is 0 Å². The minimum atomic E-state index is -5.14. The van der Waals surface area contributed by atoms with Crippen LogP contribution in [0.25, 0.3) is 0 Å². The van der Waals surface area contributed by atoms with Crippen LogP contribution in [0.3, 0.4) is 0 Å². The molecule has 9 heavy (non-hydrogen) atoms. The maximum absolute atomic E-state index is 10.4. The number of hydrogen-bond donors (Lipinski definition) is 3. The molecule has 0 bridgehead atoms. The summed E-state index contributed by atoms with van der Waals surface area (Å²) in [6.07, 6.45) is 1.10. The van der Waals surface area contributed by atoms with E-state index >= 15 is 0 Å². The van der Waals surface area contributed by atoms with Gasteiger partial charge in [0, 0.05) is 0 Å². The molecule has 0 aliphatic heterocycles. The molecule has 0 aromatic heterocycles. The largest absolute Gasteiger partial charge is 0.507 e. The van der Waals surface area contributed by atoms with Gasteiger partial charge in [-0.1, -0.05) is 6.92 Å². The molecule has 0 aromatic carbocycles. The highest BCUT2D eigenvalue weighted by molar-refractivity contribution is 7.45. The van der Waals surface area contributed by atoms with Gasteiger partial charge in [-0.05, 0) is 13.0 Å². The summed E-state index contributed by atoms with van der Waals surface area (Å²) >= 11 is 0. The molecular formula is C3H11FNO3P. The van der Waals surface area contributed by atoms with Crippen LogP contribution in [0.1, 0.15) is 13.3 Å². The third-order valence-electron chi connectivity index (χ3n) is 0.289.